The number of benzene rings is 2. The van der Waals surface area contributed by atoms with Gasteiger partial charge in [0.1, 0.15) is 17.6 Å². The van der Waals surface area contributed by atoms with E-state index in [1.54, 1.807) is 18.2 Å². The number of nitrogens with zero attached hydrogens (tertiary/aromatic N) is 1. The van der Waals surface area contributed by atoms with Crippen LogP contribution in [-0.2, 0) is 21.2 Å². The number of ether oxygens (including phenoxy) is 1. The zero-order valence-electron chi connectivity index (χ0n) is 15.8. The van der Waals surface area contributed by atoms with E-state index >= 15 is 0 Å². The number of anilines is 1. The van der Waals surface area contributed by atoms with Crippen molar-refractivity contribution in [2.45, 2.75) is 19.4 Å². The minimum atomic E-state index is -3.80. The van der Waals surface area contributed by atoms with E-state index in [0.717, 1.165) is 16.1 Å². The van der Waals surface area contributed by atoms with Crippen LogP contribution in [0.1, 0.15) is 12.5 Å². The number of methoxy groups -OCH3 is 1. The Bertz CT molecular complexity index is 935. The van der Waals surface area contributed by atoms with Gasteiger partial charge < -0.3 is 10.1 Å². The van der Waals surface area contributed by atoms with Gasteiger partial charge in [-0.1, -0.05) is 23.7 Å². The van der Waals surface area contributed by atoms with E-state index in [1.165, 1.54) is 38.3 Å². The zero-order valence-corrected chi connectivity index (χ0v) is 17.3. The van der Waals surface area contributed by atoms with Gasteiger partial charge in [0.15, 0.2) is 0 Å². The number of amides is 1. The second kappa shape index (κ2) is 9.25. The summed E-state index contributed by atoms with van der Waals surface area (Å²) in [7, 11) is -2.40. The number of halogens is 2. The average Bonchev–Trinajstić information content (AvgIpc) is 2.62. The van der Waals surface area contributed by atoms with Crippen molar-refractivity contribution >= 4 is 33.2 Å². The Morgan fingerprint density at radius 3 is 2.46 bits per heavy atom. The Labute approximate surface area is 169 Å². The van der Waals surface area contributed by atoms with E-state index in [4.69, 9.17) is 16.3 Å². The molecule has 0 radical (unpaired) electrons. The molecule has 0 fully saturated rings. The lowest BCUT2D eigenvalue weighted by atomic mass is 10.1. The summed E-state index contributed by atoms with van der Waals surface area (Å²) >= 11 is 6.01. The van der Waals surface area contributed by atoms with E-state index in [2.05, 4.69) is 5.32 Å². The first-order chi connectivity index (χ1) is 13.1. The Morgan fingerprint density at radius 1 is 1.25 bits per heavy atom. The zero-order chi connectivity index (χ0) is 20.9. The summed E-state index contributed by atoms with van der Waals surface area (Å²) in [6, 6.07) is 9.45. The molecule has 0 spiro atoms. The molecule has 28 heavy (non-hydrogen) atoms. The molecule has 0 aliphatic carbocycles. The summed E-state index contributed by atoms with van der Waals surface area (Å²) in [6.45, 7) is 1.76. The minimum Gasteiger partial charge on any atom is -0.495 e. The molecule has 0 saturated heterocycles. The number of hydrogen-bond donors (Lipinski definition) is 1. The van der Waals surface area contributed by atoms with Gasteiger partial charge in [0.2, 0.25) is 15.9 Å². The lowest BCUT2D eigenvalue weighted by molar-refractivity contribution is -0.121. The first-order valence-electron chi connectivity index (χ1n) is 8.48. The largest absolute Gasteiger partial charge is 0.495 e. The lowest BCUT2D eigenvalue weighted by Crippen LogP contribution is -2.48. The predicted octanol–water partition coefficient (Wildman–Crippen LogP) is 3.00. The quantitative estimate of drug-likeness (QED) is 0.701. The van der Waals surface area contributed by atoms with E-state index in [9.17, 15) is 17.6 Å². The Balaban J connectivity index is 2.16. The second-order valence-corrected chi connectivity index (χ2v) is 8.51. The molecule has 2 aromatic rings. The van der Waals surface area contributed by atoms with Gasteiger partial charge >= 0.3 is 0 Å². The Kier molecular flexibility index (Phi) is 7.26. The molecule has 0 aromatic heterocycles. The molecule has 0 heterocycles. The van der Waals surface area contributed by atoms with Crippen molar-refractivity contribution in [1.29, 1.82) is 0 Å². The van der Waals surface area contributed by atoms with Gasteiger partial charge in [0.25, 0.3) is 0 Å². The van der Waals surface area contributed by atoms with E-state index in [1.807, 2.05) is 0 Å². The van der Waals surface area contributed by atoms with Crippen LogP contribution < -0.4 is 14.4 Å². The monoisotopic (exact) mass is 428 g/mol. The molecule has 1 amide bonds. The van der Waals surface area contributed by atoms with E-state index in [-0.39, 0.29) is 23.8 Å². The third kappa shape index (κ3) is 5.59. The molecule has 6 nitrogen and oxygen atoms in total. The maximum Gasteiger partial charge on any atom is 0.243 e. The fourth-order valence-electron chi connectivity index (χ4n) is 2.75. The highest BCUT2D eigenvalue weighted by Gasteiger charge is 2.31. The molecule has 1 N–H and O–H groups in total. The van der Waals surface area contributed by atoms with Crippen LogP contribution in [0.3, 0.4) is 0 Å². The second-order valence-electron chi connectivity index (χ2n) is 6.22. The third-order valence-corrected chi connectivity index (χ3v) is 5.56. The predicted molar refractivity (Wildman–Crippen MR) is 108 cm³/mol. The molecular formula is C19H22ClFN2O4S. The van der Waals surface area contributed by atoms with Crippen molar-refractivity contribution in [2.24, 2.45) is 0 Å². The van der Waals surface area contributed by atoms with Crippen LogP contribution in [0.2, 0.25) is 5.02 Å². The Hall–Kier alpha value is -2.32. The molecule has 0 saturated carbocycles. The fraction of sp³-hybridized carbons (Fsp3) is 0.316. The SMILES string of the molecule is COc1ccc(Cl)cc1N([C@H](C)C(=O)NCCc1ccc(F)cc1)S(C)(=O)=O. The topological polar surface area (TPSA) is 75.7 Å². The maximum absolute atomic E-state index is 12.9. The van der Waals surface area contributed by atoms with Crippen LogP contribution >= 0.6 is 11.6 Å². The molecule has 152 valence electrons. The van der Waals surface area contributed by atoms with E-state index in [0.29, 0.717) is 11.4 Å². The molecule has 0 aliphatic heterocycles. The van der Waals surface area contributed by atoms with Gasteiger partial charge in [-0.15, -0.1) is 0 Å². The number of sulfonamides is 1. The standard InChI is InChI=1S/C19H22ClFN2O4S/c1-13(19(24)22-11-10-14-4-7-16(21)8-5-14)23(28(3,25)26)17-12-15(20)6-9-18(17)27-2/h4-9,12-13H,10-11H2,1-3H3,(H,22,24)/t13-/m1/s1. The van der Waals surface area contributed by atoms with E-state index < -0.39 is 22.0 Å². The van der Waals surface area contributed by atoms with Crippen LogP contribution in [0.15, 0.2) is 42.5 Å². The summed E-state index contributed by atoms with van der Waals surface area (Å²) < 4.78 is 43.9. The molecule has 1 atom stereocenters. The smallest absolute Gasteiger partial charge is 0.243 e. The fourth-order valence-corrected chi connectivity index (χ4v) is 4.08. The minimum absolute atomic E-state index is 0.179. The van der Waals surface area contributed by atoms with Crippen molar-refractivity contribution in [3.05, 3.63) is 58.9 Å². The van der Waals surface area contributed by atoms with Gasteiger partial charge in [-0.2, -0.15) is 0 Å². The molecule has 2 aromatic carbocycles. The molecule has 0 unspecified atom stereocenters. The first kappa shape index (κ1) is 22.0. The molecule has 9 heteroatoms. The third-order valence-electron chi connectivity index (χ3n) is 4.09. The number of hydrogen-bond acceptors (Lipinski definition) is 4. The number of carbonyl (C=O) groups is 1. The summed E-state index contributed by atoms with van der Waals surface area (Å²) in [6.07, 6.45) is 1.49. The molecule has 2 rings (SSSR count). The first-order valence-corrected chi connectivity index (χ1v) is 10.7. The summed E-state index contributed by atoms with van der Waals surface area (Å²) in [4.78, 5) is 12.6. The lowest BCUT2D eigenvalue weighted by Gasteiger charge is -2.29. The Morgan fingerprint density at radius 2 is 1.89 bits per heavy atom. The number of nitrogens with one attached hydrogen (secondary N) is 1. The van der Waals surface area contributed by atoms with Gasteiger partial charge in [-0.25, -0.2) is 12.8 Å². The van der Waals surface area contributed by atoms with Crippen molar-refractivity contribution < 1.29 is 22.3 Å². The molecular weight excluding hydrogens is 407 g/mol. The van der Waals surface area contributed by atoms with Crippen molar-refractivity contribution in [2.75, 3.05) is 24.2 Å². The van der Waals surface area contributed by atoms with Gasteiger partial charge in [-0.05, 0) is 49.2 Å². The maximum atomic E-state index is 12.9. The number of rotatable bonds is 8. The summed E-state index contributed by atoms with van der Waals surface area (Å²) in [5.74, 6) is -0.531. The normalized spacial score (nSPS) is 12.3. The average molecular weight is 429 g/mol. The van der Waals surface area contributed by atoms with Gasteiger partial charge in [0, 0.05) is 11.6 Å². The van der Waals surface area contributed by atoms with Crippen LogP contribution in [0.25, 0.3) is 0 Å². The van der Waals surface area contributed by atoms with Crippen molar-refractivity contribution in [3.8, 4) is 5.75 Å². The van der Waals surface area contributed by atoms with Crippen LogP contribution in [-0.4, -0.2) is 40.3 Å². The molecule has 0 bridgehead atoms. The number of carbonyl (C=O) groups excluding carboxylic acids is 1. The van der Waals surface area contributed by atoms with Gasteiger partial charge in [-0.3, -0.25) is 9.10 Å². The summed E-state index contributed by atoms with van der Waals surface area (Å²) in [5, 5.41) is 3.02. The highest BCUT2D eigenvalue weighted by molar-refractivity contribution is 7.92. The van der Waals surface area contributed by atoms with Gasteiger partial charge in [0.05, 0.1) is 19.1 Å². The summed E-state index contributed by atoms with van der Waals surface area (Å²) in [5.41, 5.74) is 1.03. The van der Waals surface area contributed by atoms with Crippen LogP contribution in [0.5, 0.6) is 5.75 Å². The highest BCUT2D eigenvalue weighted by Crippen LogP contribution is 2.34. The van der Waals surface area contributed by atoms with Crippen LogP contribution in [0, 0.1) is 5.82 Å². The van der Waals surface area contributed by atoms with Crippen molar-refractivity contribution in [1.82, 2.24) is 5.32 Å². The van der Waals surface area contributed by atoms with Crippen LogP contribution in [0.4, 0.5) is 10.1 Å². The molecule has 0 aliphatic rings. The highest BCUT2D eigenvalue weighted by atomic mass is 35.5. The van der Waals surface area contributed by atoms with Crippen molar-refractivity contribution in [3.63, 3.8) is 0 Å².